The second-order valence-electron chi connectivity index (χ2n) is 5.27. The zero-order chi connectivity index (χ0) is 16.2. The van der Waals surface area contributed by atoms with Gasteiger partial charge in [0.2, 0.25) is 0 Å². The molecule has 6 nitrogen and oxygen atoms in total. The summed E-state index contributed by atoms with van der Waals surface area (Å²) in [6, 6.07) is 5.65. The second kappa shape index (κ2) is 6.87. The van der Waals surface area contributed by atoms with E-state index in [-0.39, 0.29) is 0 Å². The number of fused-ring (bicyclic) bond motifs is 1. The summed E-state index contributed by atoms with van der Waals surface area (Å²) >= 11 is 1.67. The first-order valence-electron chi connectivity index (χ1n) is 7.51. The van der Waals surface area contributed by atoms with E-state index in [0.29, 0.717) is 25.7 Å². The van der Waals surface area contributed by atoms with Crippen molar-refractivity contribution in [3.8, 4) is 11.5 Å². The van der Waals surface area contributed by atoms with E-state index in [1.54, 1.807) is 11.3 Å². The molecule has 23 heavy (non-hydrogen) atoms. The molecule has 0 bridgehead atoms. The lowest BCUT2D eigenvalue weighted by atomic mass is 10.3. The first-order valence-corrected chi connectivity index (χ1v) is 8.33. The van der Waals surface area contributed by atoms with Crippen molar-refractivity contribution in [1.29, 1.82) is 0 Å². The van der Waals surface area contributed by atoms with Crippen molar-refractivity contribution in [3.05, 3.63) is 33.8 Å². The maximum absolute atomic E-state index is 5.96. The molecule has 0 aliphatic carbocycles. The van der Waals surface area contributed by atoms with Crippen LogP contribution in [-0.2, 0) is 6.54 Å². The standard InChI is InChI=1S/C16H20N4O2S/c1-10-13(19-11(2)23-10)9-18-16(17)20-12-4-5-14-15(8-12)22-7-3-6-21-14/h4-5,8H,3,6-7,9H2,1-2H3,(H3,17,18,20). The first-order chi connectivity index (χ1) is 11.1. The molecule has 0 atom stereocenters. The van der Waals surface area contributed by atoms with Gasteiger partial charge in [-0.1, -0.05) is 0 Å². The van der Waals surface area contributed by atoms with E-state index in [2.05, 4.69) is 15.3 Å². The molecule has 1 aliphatic rings. The zero-order valence-electron chi connectivity index (χ0n) is 13.3. The van der Waals surface area contributed by atoms with E-state index in [4.69, 9.17) is 15.2 Å². The predicted octanol–water partition coefficient (Wildman–Crippen LogP) is 2.85. The molecule has 0 amide bonds. The average molecular weight is 332 g/mol. The number of nitrogens with one attached hydrogen (secondary N) is 1. The molecular formula is C16H20N4O2S. The second-order valence-corrected chi connectivity index (χ2v) is 6.68. The van der Waals surface area contributed by atoms with Crippen LogP contribution in [-0.4, -0.2) is 24.2 Å². The Morgan fingerprint density at radius 1 is 1.30 bits per heavy atom. The summed E-state index contributed by atoms with van der Waals surface area (Å²) in [5, 5.41) is 4.12. The van der Waals surface area contributed by atoms with Crippen molar-refractivity contribution in [2.75, 3.05) is 18.5 Å². The number of hydrogen-bond acceptors (Lipinski definition) is 5. The quantitative estimate of drug-likeness (QED) is 0.667. The highest BCUT2D eigenvalue weighted by Crippen LogP contribution is 2.32. The smallest absolute Gasteiger partial charge is 0.193 e. The lowest BCUT2D eigenvalue weighted by Gasteiger charge is -2.10. The summed E-state index contributed by atoms with van der Waals surface area (Å²) in [5.74, 6) is 1.84. The number of nitrogens with two attached hydrogens (primary N) is 1. The van der Waals surface area contributed by atoms with E-state index in [1.807, 2.05) is 32.0 Å². The van der Waals surface area contributed by atoms with Crippen molar-refractivity contribution in [3.63, 3.8) is 0 Å². The summed E-state index contributed by atoms with van der Waals surface area (Å²) < 4.78 is 11.3. The van der Waals surface area contributed by atoms with Crippen LogP contribution in [0.2, 0.25) is 0 Å². The Bertz CT molecular complexity index is 727. The van der Waals surface area contributed by atoms with Gasteiger partial charge in [0.05, 0.1) is 30.5 Å². The summed E-state index contributed by atoms with van der Waals surface area (Å²) in [6.07, 6.45) is 0.882. The molecule has 0 saturated heterocycles. The fourth-order valence-electron chi connectivity index (χ4n) is 2.31. The molecule has 0 saturated carbocycles. The van der Waals surface area contributed by atoms with Crippen LogP contribution in [0, 0.1) is 13.8 Å². The summed E-state index contributed by atoms with van der Waals surface area (Å²) in [4.78, 5) is 9.97. The summed E-state index contributed by atoms with van der Waals surface area (Å²) in [5.41, 5.74) is 7.75. The average Bonchev–Trinajstić information content (AvgIpc) is 2.72. The van der Waals surface area contributed by atoms with Gasteiger partial charge in [-0.15, -0.1) is 11.3 Å². The third-order valence-corrected chi connectivity index (χ3v) is 4.35. The molecule has 2 aromatic rings. The van der Waals surface area contributed by atoms with Crippen molar-refractivity contribution >= 4 is 23.0 Å². The van der Waals surface area contributed by atoms with Gasteiger partial charge in [-0.25, -0.2) is 9.98 Å². The maximum atomic E-state index is 5.96. The van der Waals surface area contributed by atoms with Gasteiger partial charge in [0.25, 0.3) is 0 Å². The van der Waals surface area contributed by atoms with Crippen LogP contribution in [0.1, 0.15) is 22.0 Å². The Kier molecular flexibility index (Phi) is 4.66. The fraction of sp³-hybridized carbons (Fsp3) is 0.375. The third kappa shape index (κ3) is 3.92. The number of anilines is 1. The third-order valence-electron chi connectivity index (χ3n) is 3.42. The highest BCUT2D eigenvalue weighted by Gasteiger charge is 2.11. The number of aromatic nitrogens is 1. The maximum Gasteiger partial charge on any atom is 0.193 e. The van der Waals surface area contributed by atoms with Crippen LogP contribution in [0.15, 0.2) is 23.2 Å². The first kappa shape index (κ1) is 15.6. The molecule has 1 aromatic carbocycles. The molecule has 0 spiro atoms. The van der Waals surface area contributed by atoms with Gasteiger partial charge >= 0.3 is 0 Å². The molecular weight excluding hydrogens is 312 g/mol. The largest absolute Gasteiger partial charge is 0.490 e. The molecule has 122 valence electrons. The minimum Gasteiger partial charge on any atom is -0.490 e. The van der Waals surface area contributed by atoms with Gasteiger partial charge < -0.3 is 20.5 Å². The Labute approximate surface area is 139 Å². The number of rotatable bonds is 3. The highest BCUT2D eigenvalue weighted by molar-refractivity contribution is 7.11. The molecule has 3 rings (SSSR count). The van der Waals surface area contributed by atoms with E-state index in [1.165, 1.54) is 4.88 Å². The predicted molar refractivity (Wildman–Crippen MR) is 92.6 cm³/mol. The number of thiazole rings is 1. The summed E-state index contributed by atoms with van der Waals surface area (Å²) in [7, 11) is 0. The van der Waals surface area contributed by atoms with Crippen molar-refractivity contribution in [2.24, 2.45) is 10.7 Å². The molecule has 0 unspecified atom stereocenters. The van der Waals surface area contributed by atoms with Gasteiger partial charge in [-0.3, -0.25) is 0 Å². The number of hydrogen-bond donors (Lipinski definition) is 2. The van der Waals surface area contributed by atoms with Crippen molar-refractivity contribution < 1.29 is 9.47 Å². The number of aryl methyl sites for hydroxylation is 2. The van der Waals surface area contributed by atoms with Crippen molar-refractivity contribution in [1.82, 2.24) is 4.98 Å². The van der Waals surface area contributed by atoms with E-state index in [9.17, 15) is 0 Å². The Hall–Kier alpha value is -2.28. The topological polar surface area (TPSA) is 81.8 Å². The molecule has 1 aromatic heterocycles. The van der Waals surface area contributed by atoms with E-state index in [0.717, 1.165) is 34.3 Å². The normalized spacial score (nSPS) is 14.4. The zero-order valence-corrected chi connectivity index (χ0v) is 14.1. The molecule has 0 fully saturated rings. The van der Waals surface area contributed by atoms with Crippen LogP contribution in [0.3, 0.4) is 0 Å². The number of guanidine groups is 1. The van der Waals surface area contributed by atoms with Crippen LogP contribution in [0.25, 0.3) is 0 Å². The van der Waals surface area contributed by atoms with Gasteiger partial charge in [0.1, 0.15) is 0 Å². The summed E-state index contributed by atoms with van der Waals surface area (Å²) in [6.45, 7) is 5.84. The molecule has 0 radical (unpaired) electrons. The highest BCUT2D eigenvalue weighted by atomic mass is 32.1. The molecule has 7 heteroatoms. The monoisotopic (exact) mass is 332 g/mol. The Morgan fingerprint density at radius 2 is 2.09 bits per heavy atom. The van der Waals surface area contributed by atoms with E-state index >= 15 is 0 Å². The van der Waals surface area contributed by atoms with Crippen LogP contribution < -0.4 is 20.5 Å². The van der Waals surface area contributed by atoms with Gasteiger partial charge in [0.15, 0.2) is 17.5 Å². The lowest BCUT2D eigenvalue weighted by Crippen LogP contribution is -2.22. The SMILES string of the molecule is Cc1nc(CN=C(N)Nc2ccc3c(c2)OCCCO3)c(C)s1. The van der Waals surface area contributed by atoms with Gasteiger partial charge in [-0.05, 0) is 26.0 Å². The minimum atomic E-state index is 0.351. The van der Waals surface area contributed by atoms with Gasteiger partial charge in [-0.2, -0.15) is 0 Å². The van der Waals surface area contributed by atoms with Crippen LogP contribution >= 0.6 is 11.3 Å². The van der Waals surface area contributed by atoms with Crippen molar-refractivity contribution in [2.45, 2.75) is 26.8 Å². The Morgan fingerprint density at radius 3 is 2.83 bits per heavy atom. The number of nitrogens with zero attached hydrogens (tertiary/aromatic N) is 2. The molecule has 3 N–H and O–H groups in total. The van der Waals surface area contributed by atoms with Crippen LogP contribution in [0.5, 0.6) is 11.5 Å². The number of benzene rings is 1. The number of ether oxygens (including phenoxy) is 2. The molecule has 2 heterocycles. The van der Waals surface area contributed by atoms with E-state index < -0.39 is 0 Å². The van der Waals surface area contributed by atoms with Crippen LogP contribution in [0.4, 0.5) is 5.69 Å². The molecule has 1 aliphatic heterocycles. The lowest BCUT2D eigenvalue weighted by molar-refractivity contribution is 0.297. The minimum absolute atomic E-state index is 0.351. The Balaban J connectivity index is 1.67. The number of aliphatic imine (C=N–C) groups is 1. The van der Waals surface area contributed by atoms with Gasteiger partial charge in [0, 0.05) is 23.1 Å². The fourth-order valence-corrected chi connectivity index (χ4v) is 3.13.